The van der Waals surface area contributed by atoms with E-state index in [0.29, 0.717) is 0 Å². The van der Waals surface area contributed by atoms with E-state index < -0.39 is 21.9 Å². The van der Waals surface area contributed by atoms with Gasteiger partial charge in [0.1, 0.15) is 0 Å². The third kappa shape index (κ3) is 1.15. The smallest absolute Gasteiger partial charge is 0.151 e. The van der Waals surface area contributed by atoms with Crippen LogP contribution in [0, 0.1) is 5.41 Å². The Kier molecular flexibility index (Phi) is 1.72. The fraction of sp³-hybridized carbons (Fsp3) is 1.00. The van der Waals surface area contributed by atoms with Gasteiger partial charge in [0.15, 0.2) is 9.84 Å². The van der Waals surface area contributed by atoms with Gasteiger partial charge in [0.05, 0.1) is 18.2 Å². The van der Waals surface area contributed by atoms with E-state index in [0.717, 1.165) is 0 Å². The van der Waals surface area contributed by atoms with E-state index in [1.165, 1.54) is 0 Å². The minimum Gasteiger partial charge on any atom is -0.330 e. The molecule has 0 spiro atoms. The van der Waals surface area contributed by atoms with Crippen LogP contribution in [0.3, 0.4) is 0 Å². The lowest BCUT2D eigenvalue weighted by molar-refractivity contribution is 0.249. The van der Waals surface area contributed by atoms with Gasteiger partial charge in [-0.15, -0.1) is 0 Å². The molecule has 0 unspecified atom stereocenters. The minimum atomic E-state index is -2.93. The molecule has 60 valence electrons. The van der Waals surface area contributed by atoms with Crippen LogP contribution in [0.15, 0.2) is 0 Å². The quantitative estimate of drug-likeness (QED) is 0.593. The van der Waals surface area contributed by atoms with E-state index in [1.54, 1.807) is 0 Å². The minimum absolute atomic E-state index is 0.0764. The molecule has 0 aromatic carbocycles. The highest BCUT2D eigenvalue weighted by atomic mass is 32.2. The molecule has 0 saturated carbocycles. The third-order valence-electron chi connectivity index (χ3n) is 1.77. The molecule has 0 radical (unpaired) electrons. The Morgan fingerprint density at radius 3 is 2.10 bits per heavy atom. The summed E-state index contributed by atoms with van der Waals surface area (Å²) in [6.07, 6.45) is 0. The maximum absolute atomic E-state index is 12.1. The van der Waals surface area contributed by atoms with Crippen molar-refractivity contribution in [3.63, 3.8) is 0 Å². The van der Waals surface area contributed by atoms with Crippen LogP contribution in [0.4, 0.5) is 4.39 Å². The van der Waals surface area contributed by atoms with Crippen LogP contribution in [-0.4, -0.2) is 33.1 Å². The fourth-order valence-corrected chi connectivity index (χ4v) is 3.31. The summed E-state index contributed by atoms with van der Waals surface area (Å²) < 4.78 is 33.3. The first kappa shape index (κ1) is 7.94. The SMILES string of the molecule is NCC1(CF)CS(=O)(=O)C1. The lowest BCUT2D eigenvalue weighted by Gasteiger charge is -2.37. The average Bonchev–Trinajstić information content (AvgIpc) is 1.82. The number of rotatable bonds is 2. The monoisotopic (exact) mass is 167 g/mol. The van der Waals surface area contributed by atoms with Gasteiger partial charge in [-0.2, -0.15) is 0 Å². The number of halogens is 1. The lowest BCUT2D eigenvalue weighted by atomic mass is 9.94. The van der Waals surface area contributed by atoms with Gasteiger partial charge in [0, 0.05) is 12.0 Å². The van der Waals surface area contributed by atoms with E-state index in [1.807, 2.05) is 0 Å². The molecule has 0 aromatic rings. The molecule has 1 heterocycles. The summed E-state index contributed by atoms with van der Waals surface area (Å²) in [4.78, 5) is 0. The van der Waals surface area contributed by atoms with Crippen LogP contribution < -0.4 is 5.73 Å². The van der Waals surface area contributed by atoms with Gasteiger partial charge in [-0.25, -0.2) is 8.42 Å². The van der Waals surface area contributed by atoms with Crippen molar-refractivity contribution in [2.45, 2.75) is 0 Å². The lowest BCUT2D eigenvalue weighted by Crippen LogP contribution is -2.54. The van der Waals surface area contributed by atoms with Gasteiger partial charge in [-0.1, -0.05) is 0 Å². The molecule has 1 fully saturated rings. The van der Waals surface area contributed by atoms with Crippen molar-refractivity contribution in [3.8, 4) is 0 Å². The highest BCUT2D eigenvalue weighted by Crippen LogP contribution is 2.31. The summed E-state index contributed by atoms with van der Waals surface area (Å²) in [6.45, 7) is -0.495. The fourth-order valence-electron chi connectivity index (χ4n) is 1.14. The van der Waals surface area contributed by atoms with Gasteiger partial charge in [0.2, 0.25) is 0 Å². The van der Waals surface area contributed by atoms with Crippen LogP contribution in [0.1, 0.15) is 0 Å². The first-order chi connectivity index (χ1) is 4.54. The number of hydrogen-bond acceptors (Lipinski definition) is 3. The molecule has 3 nitrogen and oxygen atoms in total. The normalized spacial score (nSPS) is 27.4. The zero-order chi connectivity index (χ0) is 7.83. The van der Waals surface area contributed by atoms with Crippen molar-refractivity contribution < 1.29 is 12.8 Å². The summed E-state index contributed by atoms with van der Waals surface area (Å²) in [5.74, 6) is -0.153. The highest BCUT2D eigenvalue weighted by Gasteiger charge is 2.47. The molecular weight excluding hydrogens is 157 g/mol. The average molecular weight is 167 g/mol. The predicted molar refractivity (Wildman–Crippen MR) is 36.1 cm³/mol. The van der Waals surface area contributed by atoms with E-state index in [2.05, 4.69) is 0 Å². The van der Waals surface area contributed by atoms with Crippen LogP contribution in [-0.2, 0) is 9.84 Å². The van der Waals surface area contributed by atoms with Gasteiger partial charge >= 0.3 is 0 Å². The van der Waals surface area contributed by atoms with Crippen LogP contribution in [0.2, 0.25) is 0 Å². The first-order valence-electron chi connectivity index (χ1n) is 3.00. The second kappa shape index (κ2) is 2.17. The third-order valence-corrected chi connectivity index (χ3v) is 3.87. The van der Waals surface area contributed by atoms with E-state index in [-0.39, 0.29) is 18.1 Å². The van der Waals surface area contributed by atoms with Crippen molar-refractivity contribution in [3.05, 3.63) is 0 Å². The standard InChI is InChI=1S/C5H10FNO2S/c6-1-5(2-7)3-10(8,9)4-5/h1-4,7H2. The summed E-state index contributed by atoms with van der Waals surface area (Å²) in [5, 5.41) is 0. The number of alkyl halides is 1. The van der Waals surface area contributed by atoms with Gasteiger partial charge < -0.3 is 5.73 Å². The zero-order valence-electron chi connectivity index (χ0n) is 5.51. The Morgan fingerprint density at radius 1 is 1.50 bits per heavy atom. The van der Waals surface area contributed by atoms with Crippen molar-refractivity contribution >= 4 is 9.84 Å². The Bertz CT molecular complexity index is 206. The second-order valence-corrected chi connectivity index (χ2v) is 4.93. The molecule has 2 N–H and O–H groups in total. The molecule has 1 rings (SSSR count). The largest absolute Gasteiger partial charge is 0.330 e. The van der Waals surface area contributed by atoms with Crippen LogP contribution >= 0.6 is 0 Å². The Labute approximate surface area is 59.3 Å². The first-order valence-corrected chi connectivity index (χ1v) is 4.82. The van der Waals surface area contributed by atoms with E-state index in [9.17, 15) is 12.8 Å². The number of hydrogen-bond donors (Lipinski definition) is 1. The zero-order valence-corrected chi connectivity index (χ0v) is 6.32. The molecule has 0 bridgehead atoms. The summed E-state index contributed by atoms with van der Waals surface area (Å²) in [7, 11) is -2.93. The molecule has 1 aliphatic rings. The maximum atomic E-state index is 12.1. The molecule has 1 saturated heterocycles. The summed E-state index contributed by atoms with van der Waals surface area (Å²) >= 11 is 0. The van der Waals surface area contributed by atoms with Gasteiger partial charge in [-0.3, -0.25) is 4.39 Å². The predicted octanol–water partition coefficient (Wildman–Crippen LogP) is -0.671. The van der Waals surface area contributed by atoms with Crippen molar-refractivity contribution in [1.29, 1.82) is 0 Å². The Balaban J connectivity index is 2.63. The van der Waals surface area contributed by atoms with E-state index >= 15 is 0 Å². The Morgan fingerprint density at radius 2 is 2.00 bits per heavy atom. The van der Waals surface area contributed by atoms with Crippen molar-refractivity contribution in [2.24, 2.45) is 11.1 Å². The molecule has 5 heteroatoms. The van der Waals surface area contributed by atoms with Gasteiger partial charge in [-0.05, 0) is 0 Å². The molecule has 1 aliphatic heterocycles. The Hall–Kier alpha value is -0.160. The maximum Gasteiger partial charge on any atom is 0.151 e. The number of nitrogens with two attached hydrogens (primary N) is 1. The summed E-state index contributed by atoms with van der Waals surface area (Å²) in [5.41, 5.74) is 4.46. The second-order valence-electron chi connectivity index (χ2n) is 2.87. The van der Waals surface area contributed by atoms with Crippen molar-refractivity contribution in [2.75, 3.05) is 24.7 Å². The molecule has 0 atom stereocenters. The molecule has 10 heavy (non-hydrogen) atoms. The highest BCUT2D eigenvalue weighted by molar-refractivity contribution is 7.92. The molecular formula is C5H10FNO2S. The van der Waals surface area contributed by atoms with E-state index in [4.69, 9.17) is 5.73 Å². The summed E-state index contributed by atoms with van der Waals surface area (Å²) in [6, 6.07) is 0. The molecule has 0 aliphatic carbocycles. The van der Waals surface area contributed by atoms with Gasteiger partial charge in [0.25, 0.3) is 0 Å². The molecule has 0 amide bonds. The number of sulfone groups is 1. The topological polar surface area (TPSA) is 60.2 Å². The van der Waals surface area contributed by atoms with Crippen molar-refractivity contribution in [1.82, 2.24) is 0 Å². The van der Waals surface area contributed by atoms with Crippen LogP contribution in [0.25, 0.3) is 0 Å². The molecule has 0 aromatic heterocycles. The van der Waals surface area contributed by atoms with Crippen LogP contribution in [0.5, 0.6) is 0 Å².